The van der Waals surface area contributed by atoms with E-state index in [0.717, 1.165) is 0 Å². The highest BCUT2D eigenvalue weighted by atomic mass is 32.2. The summed E-state index contributed by atoms with van der Waals surface area (Å²) in [6.45, 7) is 1.92. The van der Waals surface area contributed by atoms with Crippen molar-refractivity contribution in [1.82, 2.24) is 10.0 Å². The molecule has 0 bridgehead atoms. The van der Waals surface area contributed by atoms with Gasteiger partial charge in [-0.05, 0) is 12.5 Å². The highest BCUT2D eigenvalue weighted by Crippen LogP contribution is 2.11. The van der Waals surface area contributed by atoms with Crippen LogP contribution < -0.4 is 15.8 Å². The van der Waals surface area contributed by atoms with E-state index >= 15 is 0 Å². The van der Waals surface area contributed by atoms with Gasteiger partial charge in [-0.25, -0.2) is 13.1 Å². The lowest BCUT2D eigenvalue weighted by Gasteiger charge is -2.10. The van der Waals surface area contributed by atoms with Crippen LogP contribution in [-0.2, 0) is 20.6 Å². The Hall–Kier alpha value is -1.51. The van der Waals surface area contributed by atoms with Gasteiger partial charge in [-0.3, -0.25) is 4.79 Å². The minimum absolute atomic E-state index is 0.138. The van der Waals surface area contributed by atoms with Crippen molar-refractivity contribution >= 4 is 33.1 Å². The molecule has 0 unspecified atom stereocenters. The van der Waals surface area contributed by atoms with Crippen LogP contribution in [0.25, 0.3) is 0 Å². The van der Waals surface area contributed by atoms with Crippen LogP contribution >= 0.6 is 12.2 Å². The minimum Gasteiger partial charge on any atom is -0.389 e. The zero-order chi connectivity index (χ0) is 15.2. The number of benzene rings is 1. The Bertz CT molecular complexity index is 600. The quantitative estimate of drug-likeness (QED) is 0.609. The van der Waals surface area contributed by atoms with Gasteiger partial charge in [0.1, 0.15) is 4.99 Å². The lowest BCUT2D eigenvalue weighted by molar-refractivity contribution is -0.119. The molecule has 0 aromatic heterocycles. The molecule has 6 nitrogen and oxygen atoms in total. The summed E-state index contributed by atoms with van der Waals surface area (Å²) in [7, 11) is -3.63. The Morgan fingerprint density at radius 3 is 2.60 bits per heavy atom. The maximum atomic E-state index is 11.9. The van der Waals surface area contributed by atoms with E-state index in [-0.39, 0.29) is 23.2 Å². The fourth-order valence-electron chi connectivity index (χ4n) is 1.58. The van der Waals surface area contributed by atoms with Crippen LogP contribution in [-0.4, -0.2) is 32.4 Å². The standard InChI is InChI=1S/C12H17N3O3S2/c1-2-14-11(16)7-15-20(17,18)8-9-5-3-4-6-10(9)12(13)19/h3-6,15H,2,7-8H2,1H3,(H2,13,19)(H,14,16). The SMILES string of the molecule is CCNC(=O)CNS(=O)(=O)Cc1ccccc1C(N)=S. The molecular formula is C12H17N3O3S2. The molecule has 110 valence electrons. The summed E-state index contributed by atoms with van der Waals surface area (Å²) in [5, 5.41) is 2.50. The van der Waals surface area contributed by atoms with E-state index in [1.165, 1.54) is 0 Å². The molecule has 0 saturated heterocycles. The molecule has 0 atom stereocenters. The predicted octanol–water partition coefficient (Wildman–Crippen LogP) is -0.124. The van der Waals surface area contributed by atoms with Crippen molar-refractivity contribution in [2.45, 2.75) is 12.7 Å². The van der Waals surface area contributed by atoms with Crippen LogP contribution in [0.1, 0.15) is 18.1 Å². The normalized spacial score (nSPS) is 11.1. The highest BCUT2D eigenvalue weighted by molar-refractivity contribution is 7.88. The number of carbonyl (C=O) groups is 1. The number of nitrogens with one attached hydrogen (secondary N) is 2. The number of carbonyl (C=O) groups excluding carboxylic acids is 1. The molecular weight excluding hydrogens is 298 g/mol. The van der Waals surface area contributed by atoms with Crippen molar-refractivity contribution in [1.29, 1.82) is 0 Å². The van der Waals surface area contributed by atoms with E-state index in [0.29, 0.717) is 17.7 Å². The van der Waals surface area contributed by atoms with Crippen LogP contribution in [0.4, 0.5) is 0 Å². The number of rotatable bonds is 7. The number of hydrogen-bond donors (Lipinski definition) is 3. The number of nitrogens with two attached hydrogens (primary N) is 1. The molecule has 4 N–H and O–H groups in total. The Morgan fingerprint density at radius 1 is 1.35 bits per heavy atom. The Kier molecular flexibility index (Phi) is 6.05. The Balaban J connectivity index is 2.77. The van der Waals surface area contributed by atoms with E-state index < -0.39 is 10.0 Å². The van der Waals surface area contributed by atoms with Gasteiger partial charge in [0, 0.05) is 12.1 Å². The van der Waals surface area contributed by atoms with Crippen molar-refractivity contribution in [3.05, 3.63) is 35.4 Å². The largest absolute Gasteiger partial charge is 0.389 e. The molecule has 1 aromatic rings. The van der Waals surface area contributed by atoms with Crippen LogP contribution in [0, 0.1) is 0 Å². The number of likely N-dealkylation sites (N-methyl/N-ethyl adjacent to an activating group) is 1. The Morgan fingerprint density at radius 2 is 2.00 bits per heavy atom. The van der Waals surface area contributed by atoms with E-state index in [4.69, 9.17) is 18.0 Å². The fraction of sp³-hybridized carbons (Fsp3) is 0.333. The van der Waals surface area contributed by atoms with E-state index in [9.17, 15) is 13.2 Å². The topological polar surface area (TPSA) is 101 Å². The second-order valence-electron chi connectivity index (χ2n) is 4.06. The van der Waals surface area contributed by atoms with Crippen molar-refractivity contribution < 1.29 is 13.2 Å². The third-order valence-electron chi connectivity index (χ3n) is 2.45. The zero-order valence-electron chi connectivity index (χ0n) is 11.0. The summed E-state index contributed by atoms with van der Waals surface area (Å²) in [5.41, 5.74) is 6.57. The first kappa shape index (κ1) is 16.5. The van der Waals surface area contributed by atoms with Gasteiger partial charge in [0.2, 0.25) is 15.9 Å². The summed E-state index contributed by atoms with van der Waals surface area (Å²) in [6, 6.07) is 6.74. The summed E-state index contributed by atoms with van der Waals surface area (Å²) in [5.74, 6) is -0.654. The van der Waals surface area contributed by atoms with Gasteiger partial charge in [-0.1, -0.05) is 36.5 Å². The number of amides is 1. The molecule has 0 aliphatic heterocycles. The monoisotopic (exact) mass is 315 g/mol. The van der Waals surface area contributed by atoms with Crippen LogP contribution in [0.2, 0.25) is 0 Å². The molecule has 0 aliphatic carbocycles. The first-order valence-corrected chi connectivity index (χ1v) is 8.03. The summed E-state index contributed by atoms with van der Waals surface area (Å²) in [6.07, 6.45) is 0. The average Bonchev–Trinajstić information content (AvgIpc) is 2.37. The molecule has 8 heteroatoms. The number of sulfonamides is 1. The fourth-order valence-corrected chi connectivity index (χ4v) is 2.89. The van der Waals surface area contributed by atoms with Gasteiger partial charge in [0.15, 0.2) is 0 Å². The van der Waals surface area contributed by atoms with Crippen molar-refractivity contribution in [2.24, 2.45) is 5.73 Å². The zero-order valence-corrected chi connectivity index (χ0v) is 12.7. The molecule has 1 aromatic carbocycles. The van der Waals surface area contributed by atoms with Crippen LogP contribution in [0.5, 0.6) is 0 Å². The molecule has 0 saturated carbocycles. The molecule has 0 aliphatic rings. The van der Waals surface area contributed by atoms with Crippen LogP contribution in [0.15, 0.2) is 24.3 Å². The maximum Gasteiger partial charge on any atom is 0.235 e. The van der Waals surface area contributed by atoms with Gasteiger partial charge in [0.05, 0.1) is 12.3 Å². The lowest BCUT2D eigenvalue weighted by atomic mass is 10.1. The molecule has 20 heavy (non-hydrogen) atoms. The maximum absolute atomic E-state index is 11.9. The third-order valence-corrected chi connectivity index (χ3v) is 3.95. The van der Waals surface area contributed by atoms with Crippen LogP contribution in [0.3, 0.4) is 0 Å². The molecule has 0 fully saturated rings. The van der Waals surface area contributed by atoms with Gasteiger partial charge >= 0.3 is 0 Å². The van der Waals surface area contributed by atoms with Gasteiger partial charge in [0.25, 0.3) is 0 Å². The van der Waals surface area contributed by atoms with Crippen molar-refractivity contribution in [2.75, 3.05) is 13.1 Å². The second kappa shape index (κ2) is 7.32. The average molecular weight is 315 g/mol. The molecule has 1 amide bonds. The summed E-state index contributed by atoms with van der Waals surface area (Å²) in [4.78, 5) is 11.4. The first-order valence-electron chi connectivity index (χ1n) is 5.97. The minimum atomic E-state index is -3.63. The lowest BCUT2D eigenvalue weighted by Crippen LogP contribution is -2.37. The van der Waals surface area contributed by atoms with Gasteiger partial charge < -0.3 is 11.1 Å². The van der Waals surface area contributed by atoms with Gasteiger partial charge in [-0.2, -0.15) is 0 Å². The molecule has 0 heterocycles. The van der Waals surface area contributed by atoms with Crippen molar-refractivity contribution in [3.63, 3.8) is 0 Å². The first-order chi connectivity index (χ1) is 9.35. The summed E-state index contributed by atoms with van der Waals surface area (Å²) >= 11 is 4.88. The molecule has 1 rings (SSSR count). The second-order valence-corrected chi connectivity index (χ2v) is 6.30. The highest BCUT2D eigenvalue weighted by Gasteiger charge is 2.16. The predicted molar refractivity (Wildman–Crippen MR) is 81.6 cm³/mol. The number of thiocarbonyl (C=S) groups is 1. The van der Waals surface area contributed by atoms with Gasteiger partial charge in [-0.15, -0.1) is 0 Å². The molecule has 0 spiro atoms. The van der Waals surface area contributed by atoms with Crippen molar-refractivity contribution in [3.8, 4) is 0 Å². The van der Waals surface area contributed by atoms with E-state index in [1.807, 2.05) is 0 Å². The summed E-state index contributed by atoms with van der Waals surface area (Å²) < 4.78 is 26.1. The molecule has 0 radical (unpaired) electrons. The smallest absolute Gasteiger partial charge is 0.235 e. The van der Waals surface area contributed by atoms with E-state index in [1.54, 1.807) is 31.2 Å². The van der Waals surface area contributed by atoms with E-state index in [2.05, 4.69) is 10.0 Å². The third kappa shape index (κ3) is 5.24. The Labute approximate surface area is 123 Å². The number of hydrogen-bond acceptors (Lipinski definition) is 4.